The molecule has 1 aromatic rings. The summed E-state index contributed by atoms with van der Waals surface area (Å²) >= 11 is 0. The predicted octanol–water partition coefficient (Wildman–Crippen LogP) is 2.35. The first-order chi connectivity index (χ1) is 8.43. The molecule has 0 N–H and O–H groups in total. The standard InChI is InChI=1S/C13H13NO4/c1-9-13(2,18-9)12(15)7-6-10-4-3-5-11(8-10)14(16)17/h3-9H,1-2H3/b7-6+/t9-,13+/m1/s1. The molecule has 1 aliphatic rings. The Hall–Kier alpha value is -2.01. The fourth-order valence-corrected chi connectivity index (χ4v) is 1.67. The van der Waals surface area contributed by atoms with Gasteiger partial charge in [0.15, 0.2) is 11.4 Å². The minimum Gasteiger partial charge on any atom is -0.358 e. The number of nitro benzene ring substituents is 1. The Kier molecular flexibility index (Phi) is 3.00. The molecule has 0 amide bonds. The maximum atomic E-state index is 11.8. The molecule has 2 atom stereocenters. The number of hydrogen-bond acceptors (Lipinski definition) is 4. The van der Waals surface area contributed by atoms with Gasteiger partial charge in [0.25, 0.3) is 5.69 Å². The molecular weight excluding hydrogens is 234 g/mol. The normalized spacial score (nSPS) is 26.2. The van der Waals surface area contributed by atoms with Crippen LogP contribution in [0.25, 0.3) is 6.08 Å². The number of epoxide rings is 1. The van der Waals surface area contributed by atoms with Crippen LogP contribution in [0, 0.1) is 10.1 Å². The van der Waals surface area contributed by atoms with Crippen molar-refractivity contribution in [3.05, 3.63) is 46.0 Å². The Bertz CT molecular complexity index is 538. The largest absolute Gasteiger partial charge is 0.358 e. The lowest BCUT2D eigenvalue weighted by molar-refractivity contribution is -0.384. The topological polar surface area (TPSA) is 72.7 Å². The van der Waals surface area contributed by atoms with E-state index in [1.165, 1.54) is 18.2 Å². The third-order valence-electron chi connectivity index (χ3n) is 3.14. The van der Waals surface area contributed by atoms with Crippen molar-refractivity contribution in [3.63, 3.8) is 0 Å². The summed E-state index contributed by atoms with van der Waals surface area (Å²) in [5, 5.41) is 10.6. The van der Waals surface area contributed by atoms with Crippen LogP contribution in [0.15, 0.2) is 30.3 Å². The van der Waals surface area contributed by atoms with Crippen molar-refractivity contribution >= 4 is 17.5 Å². The molecule has 0 bridgehead atoms. The molecule has 1 aromatic carbocycles. The van der Waals surface area contributed by atoms with Crippen molar-refractivity contribution in [2.75, 3.05) is 0 Å². The highest BCUT2D eigenvalue weighted by atomic mass is 16.6. The molecule has 0 saturated carbocycles. The second-order valence-corrected chi connectivity index (χ2v) is 4.42. The summed E-state index contributed by atoms with van der Waals surface area (Å²) < 4.78 is 5.21. The molecule has 1 saturated heterocycles. The minimum absolute atomic E-state index is 0.00634. The highest BCUT2D eigenvalue weighted by molar-refractivity contribution is 6.02. The number of nitro groups is 1. The summed E-state index contributed by atoms with van der Waals surface area (Å²) in [5.41, 5.74) is -0.0988. The second kappa shape index (κ2) is 4.34. The molecule has 0 unspecified atom stereocenters. The quantitative estimate of drug-likeness (QED) is 0.354. The van der Waals surface area contributed by atoms with Crippen LogP contribution < -0.4 is 0 Å². The van der Waals surface area contributed by atoms with E-state index < -0.39 is 10.5 Å². The lowest BCUT2D eigenvalue weighted by Gasteiger charge is -1.99. The average molecular weight is 247 g/mol. The third-order valence-corrected chi connectivity index (χ3v) is 3.14. The molecule has 1 fully saturated rings. The Morgan fingerprint density at radius 3 is 2.78 bits per heavy atom. The predicted molar refractivity (Wildman–Crippen MR) is 66.1 cm³/mol. The van der Waals surface area contributed by atoms with Gasteiger partial charge in [-0.15, -0.1) is 0 Å². The summed E-state index contributed by atoms with van der Waals surface area (Å²) in [7, 11) is 0. The molecule has 5 heteroatoms. The van der Waals surface area contributed by atoms with Gasteiger partial charge in [-0.05, 0) is 25.5 Å². The van der Waals surface area contributed by atoms with E-state index in [-0.39, 0.29) is 17.6 Å². The van der Waals surface area contributed by atoms with Gasteiger partial charge >= 0.3 is 0 Å². The molecule has 1 aliphatic heterocycles. The number of carbonyl (C=O) groups excluding carboxylic acids is 1. The van der Waals surface area contributed by atoms with Gasteiger partial charge in [0.05, 0.1) is 11.0 Å². The summed E-state index contributed by atoms with van der Waals surface area (Å²) in [6.07, 6.45) is 2.90. The van der Waals surface area contributed by atoms with Gasteiger partial charge in [-0.25, -0.2) is 0 Å². The molecule has 0 spiro atoms. The number of hydrogen-bond donors (Lipinski definition) is 0. The number of rotatable bonds is 4. The third kappa shape index (κ3) is 2.31. The zero-order valence-electron chi connectivity index (χ0n) is 10.1. The fourth-order valence-electron chi connectivity index (χ4n) is 1.67. The van der Waals surface area contributed by atoms with E-state index in [2.05, 4.69) is 0 Å². The van der Waals surface area contributed by atoms with Crippen molar-refractivity contribution in [3.8, 4) is 0 Å². The molecule has 18 heavy (non-hydrogen) atoms. The van der Waals surface area contributed by atoms with Crippen LogP contribution in [0.1, 0.15) is 19.4 Å². The van der Waals surface area contributed by atoms with Crippen LogP contribution in [-0.4, -0.2) is 22.4 Å². The number of benzene rings is 1. The summed E-state index contributed by atoms with van der Waals surface area (Å²) in [4.78, 5) is 21.9. The van der Waals surface area contributed by atoms with E-state index >= 15 is 0 Å². The van der Waals surface area contributed by atoms with Crippen molar-refractivity contribution < 1.29 is 14.5 Å². The van der Waals surface area contributed by atoms with Gasteiger partial charge in [-0.2, -0.15) is 0 Å². The van der Waals surface area contributed by atoms with Crippen LogP contribution in [0.4, 0.5) is 5.69 Å². The van der Waals surface area contributed by atoms with E-state index in [0.717, 1.165) is 0 Å². The number of ether oxygens (including phenoxy) is 1. The van der Waals surface area contributed by atoms with E-state index in [9.17, 15) is 14.9 Å². The zero-order chi connectivity index (χ0) is 13.3. The maximum absolute atomic E-state index is 11.8. The molecule has 2 rings (SSSR count). The first kappa shape index (κ1) is 12.4. The Morgan fingerprint density at radius 2 is 2.22 bits per heavy atom. The summed E-state index contributed by atoms with van der Waals surface area (Å²) in [5.74, 6) is -0.124. The van der Waals surface area contributed by atoms with Crippen LogP contribution in [0.5, 0.6) is 0 Å². The Balaban J connectivity index is 2.12. The van der Waals surface area contributed by atoms with Crippen molar-refractivity contribution in [1.82, 2.24) is 0 Å². The van der Waals surface area contributed by atoms with Gasteiger partial charge in [-0.3, -0.25) is 14.9 Å². The monoisotopic (exact) mass is 247 g/mol. The van der Waals surface area contributed by atoms with Crippen LogP contribution in [-0.2, 0) is 9.53 Å². The highest BCUT2D eigenvalue weighted by Gasteiger charge is 2.54. The lowest BCUT2D eigenvalue weighted by atomic mass is 10.0. The van der Waals surface area contributed by atoms with Gasteiger partial charge in [0.1, 0.15) is 0 Å². The van der Waals surface area contributed by atoms with Gasteiger partial charge in [0.2, 0.25) is 0 Å². The Morgan fingerprint density at radius 1 is 1.56 bits per heavy atom. The first-order valence-corrected chi connectivity index (χ1v) is 5.58. The van der Waals surface area contributed by atoms with Gasteiger partial charge in [-0.1, -0.05) is 18.2 Å². The highest BCUT2D eigenvalue weighted by Crippen LogP contribution is 2.36. The van der Waals surface area contributed by atoms with E-state index in [1.54, 1.807) is 25.1 Å². The average Bonchev–Trinajstić information content (AvgIpc) is 2.96. The molecule has 94 valence electrons. The number of carbonyl (C=O) groups is 1. The Labute approximate surface area is 104 Å². The second-order valence-electron chi connectivity index (χ2n) is 4.42. The SMILES string of the molecule is C[C@H]1O[C@]1(C)C(=O)/C=C/c1cccc([N+](=O)[O-])c1. The van der Waals surface area contributed by atoms with Crippen LogP contribution in [0.3, 0.4) is 0 Å². The molecule has 0 radical (unpaired) electrons. The van der Waals surface area contributed by atoms with Gasteiger partial charge in [0, 0.05) is 12.1 Å². The van der Waals surface area contributed by atoms with E-state index in [1.807, 2.05) is 6.92 Å². The number of ketones is 1. The van der Waals surface area contributed by atoms with Crippen molar-refractivity contribution in [2.24, 2.45) is 0 Å². The lowest BCUT2D eigenvalue weighted by Crippen LogP contribution is -2.20. The fraction of sp³-hybridized carbons (Fsp3) is 0.308. The number of non-ortho nitro benzene ring substituents is 1. The summed E-state index contributed by atoms with van der Waals surface area (Å²) in [6, 6.07) is 6.12. The molecule has 0 aromatic heterocycles. The first-order valence-electron chi connectivity index (χ1n) is 5.58. The van der Waals surface area contributed by atoms with Gasteiger partial charge < -0.3 is 4.74 Å². The summed E-state index contributed by atoms with van der Waals surface area (Å²) in [6.45, 7) is 3.57. The molecule has 0 aliphatic carbocycles. The van der Waals surface area contributed by atoms with Crippen molar-refractivity contribution in [2.45, 2.75) is 25.6 Å². The smallest absolute Gasteiger partial charge is 0.270 e. The molecular formula is C13H13NO4. The van der Waals surface area contributed by atoms with Crippen LogP contribution >= 0.6 is 0 Å². The molecule has 5 nitrogen and oxygen atoms in total. The maximum Gasteiger partial charge on any atom is 0.270 e. The van der Waals surface area contributed by atoms with E-state index in [4.69, 9.17) is 4.74 Å². The zero-order valence-corrected chi connectivity index (χ0v) is 10.1. The molecule has 1 heterocycles. The van der Waals surface area contributed by atoms with Crippen molar-refractivity contribution in [1.29, 1.82) is 0 Å². The minimum atomic E-state index is -0.725. The van der Waals surface area contributed by atoms with E-state index in [0.29, 0.717) is 5.56 Å². The van der Waals surface area contributed by atoms with Crippen LogP contribution in [0.2, 0.25) is 0 Å². The number of nitrogens with zero attached hydrogens (tertiary/aromatic N) is 1.